The van der Waals surface area contributed by atoms with Crippen molar-refractivity contribution in [3.8, 4) is 0 Å². The van der Waals surface area contributed by atoms with Crippen LogP contribution in [0.3, 0.4) is 0 Å². The maximum atomic E-state index is 13.9. The molecule has 3 aromatic heterocycles. The largest absolute Gasteiger partial charge is 0.469 e. The van der Waals surface area contributed by atoms with Crippen molar-refractivity contribution in [2.45, 2.75) is 39.3 Å². The van der Waals surface area contributed by atoms with Gasteiger partial charge in [-0.2, -0.15) is 4.98 Å². The van der Waals surface area contributed by atoms with Gasteiger partial charge in [-0.05, 0) is 56.7 Å². The van der Waals surface area contributed by atoms with Gasteiger partial charge in [0.15, 0.2) is 11.2 Å². The number of carbonyl (C=O) groups excluding carboxylic acids is 2. The third kappa shape index (κ3) is 5.65. The summed E-state index contributed by atoms with van der Waals surface area (Å²) in [6, 6.07) is 13.9. The summed E-state index contributed by atoms with van der Waals surface area (Å²) in [5.41, 5.74) is 0.553. The number of benzene rings is 2. The molecular formula is C30H31ClN6O6. The van der Waals surface area contributed by atoms with Crippen molar-refractivity contribution in [2.24, 2.45) is 14.1 Å². The van der Waals surface area contributed by atoms with E-state index in [0.717, 1.165) is 10.1 Å². The number of hydrogen-bond donors (Lipinski definition) is 1. The second kappa shape index (κ2) is 11.1. The van der Waals surface area contributed by atoms with E-state index in [4.69, 9.17) is 21.1 Å². The second-order valence-electron chi connectivity index (χ2n) is 11.1. The van der Waals surface area contributed by atoms with E-state index in [1.807, 2.05) is 0 Å². The highest BCUT2D eigenvalue weighted by atomic mass is 35.5. The Morgan fingerprint density at radius 1 is 1.02 bits per heavy atom. The molecule has 0 aliphatic rings. The molecular weight excluding hydrogens is 576 g/mol. The summed E-state index contributed by atoms with van der Waals surface area (Å²) in [6.07, 6.45) is -0.564. The highest BCUT2D eigenvalue weighted by Gasteiger charge is 2.25. The summed E-state index contributed by atoms with van der Waals surface area (Å²) in [5, 5.41) is 4.16. The summed E-state index contributed by atoms with van der Waals surface area (Å²) in [6.45, 7) is 5.03. The lowest BCUT2D eigenvalue weighted by molar-refractivity contribution is -0.139. The van der Waals surface area contributed by atoms with Gasteiger partial charge in [-0.1, -0.05) is 29.8 Å². The number of aryl methyl sites for hydroxylation is 2. The summed E-state index contributed by atoms with van der Waals surface area (Å²) in [4.78, 5) is 56.9. The monoisotopic (exact) mass is 606 g/mol. The molecule has 5 aromatic rings. The quantitative estimate of drug-likeness (QED) is 0.283. The van der Waals surface area contributed by atoms with Gasteiger partial charge in [-0.3, -0.25) is 18.7 Å². The molecule has 0 bridgehead atoms. The molecule has 0 fully saturated rings. The number of esters is 1. The maximum Gasteiger partial charge on any atom is 0.419 e. The summed E-state index contributed by atoms with van der Waals surface area (Å²) in [7, 11) is 4.51. The Morgan fingerprint density at radius 2 is 1.74 bits per heavy atom. The van der Waals surface area contributed by atoms with Gasteiger partial charge in [0.2, 0.25) is 5.95 Å². The zero-order chi connectivity index (χ0) is 31.2. The van der Waals surface area contributed by atoms with Crippen LogP contribution in [0.2, 0.25) is 5.02 Å². The van der Waals surface area contributed by atoms with E-state index in [1.165, 1.54) is 23.3 Å². The number of nitrogens with zero attached hydrogens (tertiary/aromatic N) is 5. The maximum absolute atomic E-state index is 13.9. The van der Waals surface area contributed by atoms with Crippen molar-refractivity contribution in [3.63, 3.8) is 0 Å². The number of hydrogen-bond acceptors (Lipinski definition) is 8. The molecule has 0 aliphatic carbocycles. The number of nitrogens with one attached hydrogen (secondary N) is 1. The van der Waals surface area contributed by atoms with Gasteiger partial charge in [0.1, 0.15) is 5.60 Å². The van der Waals surface area contributed by atoms with Gasteiger partial charge >= 0.3 is 17.8 Å². The Hall–Kier alpha value is -4.84. The molecule has 13 heteroatoms. The lowest BCUT2D eigenvalue weighted by Crippen LogP contribution is -2.40. The van der Waals surface area contributed by atoms with E-state index in [9.17, 15) is 19.2 Å². The number of imidazole rings is 1. The molecule has 2 aromatic carbocycles. The molecule has 0 spiro atoms. The van der Waals surface area contributed by atoms with Crippen LogP contribution in [0.5, 0.6) is 0 Å². The van der Waals surface area contributed by atoms with E-state index in [0.29, 0.717) is 33.3 Å². The van der Waals surface area contributed by atoms with Gasteiger partial charge in [0.25, 0.3) is 5.56 Å². The van der Waals surface area contributed by atoms with Crippen LogP contribution >= 0.6 is 11.6 Å². The fourth-order valence-corrected chi connectivity index (χ4v) is 5.10. The van der Waals surface area contributed by atoms with Crippen LogP contribution in [0.15, 0.2) is 58.1 Å². The summed E-state index contributed by atoms with van der Waals surface area (Å²) in [5.74, 6) is -0.0619. The van der Waals surface area contributed by atoms with Crippen molar-refractivity contribution >= 4 is 57.4 Å². The molecule has 0 saturated carbocycles. The first-order chi connectivity index (χ1) is 20.3. The van der Waals surface area contributed by atoms with Gasteiger partial charge in [-0.25, -0.2) is 14.2 Å². The van der Waals surface area contributed by atoms with Gasteiger partial charge in [0.05, 0.1) is 31.3 Å². The molecule has 0 radical (unpaired) electrons. The number of fused-ring (bicyclic) bond motifs is 2. The minimum Gasteiger partial charge on any atom is -0.469 e. The number of anilines is 2. The lowest BCUT2D eigenvalue weighted by atomic mass is 10.1. The van der Waals surface area contributed by atoms with Gasteiger partial charge in [-0.15, -0.1) is 0 Å². The van der Waals surface area contributed by atoms with Crippen LogP contribution in [0.25, 0.3) is 22.1 Å². The lowest BCUT2D eigenvalue weighted by Gasteiger charge is -2.21. The van der Waals surface area contributed by atoms with E-state index < -0.39 is 22.9 Å². The molecule has 0 unspecified atom stereocenters. The molecule has 5 rings (SSSR count). The molecule has 1 N–H and O–H groups in total. The Morgan fingerprint density at radius 3 is 2.44 bits per heavy atom. The first kappa shape index (κ1) is 29.6. The first-order valence-corrected chi connectivity index (χ1v) is 13.8. The van der Waals surface area contributed by atoms with Crippen molar-refractivity contribution in [3.05, 3.63) is 85.6 Å². The van der Waals surface area contributed by atoms with E-state index in [2.05, 4.69) is 10.3 Å². The molecule has 0 saturated heterocycles. The average molecular weight is 607 g/mol. The van der Waals surface area contributed by atoms with E-state index >= 15 is 0 Å². The zero-order valence-corrected chi connectivity index (χ0v) is 25.4. The first-order valence-electron chi connectivity index (χ1n) is 13.4. The number of aromatic nitrogens is 5. The predicted molar refractivity (Wildman–Crippen MR) is 163 cm³/mol. The number of methoxy groups -OCH3 is 1. The van der Waals surface area contributed by atoms with E-state index in [-0.39, 0.29) is 30.1 Å². The molecule has 3 heterocycles. The average Bonchev–Trinajstić information content (AvgIpc) is 3.47. The minimum atomic E-state index is -0.785. The highest BCUT2D eigenvalue weighted by molar-refractivity contribution is 6.35. The summed E-state index contributed by atoms with van der Waals surface area (Å²) < 4.78 is 15.6. The minimum absolute atomic E-state index is 0.0962. The third-order valence-electron chi connectivity index (χ3n) is 6.88. The van der Waals surface area contributed by atoms with E-state index in [1.54, 1.807) is 80.9 Å². The number of carbonyl (C=O) groups is 2. The topological polar surface area (TPSA) is 131 Å². The van der Waals surface area contributed by atoms with Crippen LogP contribution in [-0.4, -0.2) is 48.0 Å². The molecule has 43 heavy (non-hydrogen) atoms. The van der Waals surface area contributed by atoms with Gasteiger partial charge < -0.3 is 19.4 Å². The van der Waals surface area contributed by atoms with Crippen LogP contribution in [0.4, 0.5) is 16.4 Å². The molecule has 0 atom stereocenters. The zero-order valence-electron chi connectivity index (χ0n) is 24.6. The molecule has 12 nitrogen and oxygen atoms in total. The smallest absolute Gasteiger partial charge is 0.419 e. The van der Waals surface area contributed by atoms with Crippen molar-refractivity contribution in [1.82, 2.24) is 23.3 Å². The van der Waals surface area contributed by atoms with Crippen LogP contribution in [0, 0.1) is 0 Å². The van der Waals surface area contributed by atoms with Crippen LogP contribution in [0.1, 0.15) is 32.0 Å². The Labute approximate surface area is 251 Å². The Balaban J connectivity index is 1.59. The standard InChI is InChI=1S/C30H31ClN6O6/c1-30(2,3)43-29(41)37-19(15-20-21(31)11-8-12-22(20)37)16-36-26(39)24-25(35(5)28(36)40)33-27(34(24)4)32-18-10-7-9-17(13-18)14-23(38)42-6/h7-13,15H,14,16H2,1-6H3,(H,32,33). The van der Waals surface area contributed by atoms with Crippen LogP contribution in [-0.2, 0) is 41.3 Å². The van der Waals surface area contributed by atoms with Crippen molar-refractivity contribution in [1.29, 1.82) is 0 Å². The number of ether oxygens (including phenoxy) is 2. The predicted octanol–water partition coefficient (Wildman–Crippen LogP) is 4.33. The summed E-state index contributed by atoms with van der Waals surface area (Å²) >= 11 is 6.44. The molecule has 0 aliphatic heterocycles. The van der Waals surface area contributed by atoms with Crippen LogP contribution < -0.4 is 16.6 Å². The fraction of sp³-hybridized carbons (Fsp3) is 0.300. The fourth-order valence-electron chi connectivity index (χ4n) is 4.87. The molecule has 224 valence electrons. The SMILES string of the molecule is COC(=O)Cc1cccc(Nc2nc3c(c(=O)n(Cc4cc5c(Cl)cccc5n4C(=O)OC(C)(C)C)c(=O)n3C)n2C)c1. The molecule has 0 amide bonds. The third-order valence-corrected chi connectivity index (χ3v) is 7.21. The Bertz CT molecular complexity index is 2030. The second-order valence-corrected chi connectivity index (χ2v) is 11.5. The van der Waals surface area contributed by atoms with Crippen molar-refractivity contribution in [2.75, 3.05) is 12.4 Å². The normalized spacial score (nSPS) is 11.7. The van der Waals surface area contributed by atoms with Gasteiger partial charge in [0, 0.05) is 30.2 Å². The number of halogens is 1. The Kier molecular flexibility index (Phi) is 7.65. The highest BCUT2D eigenvalue weighted by Crippen LogP contribution is 2.28. The van der Waals surface area contributed by atoms with Crippen molar-refractivity contribution < 1.29 is 19.1 Å². The number of rotatable bonds is 6.